The molecule has 45 heavy (non-hydrogen) atoms. The van der Waals surface area contributed by atoms with Crippen LogP contribution in [0.2, 0.25) is 0 Å². The Kier molecular flexibility index (Phi) is 15.1. The van der Waals surface area contributed by atoms with Gasteiger partial charge in [-0.1, -0.05) is 65.5 Å². The van der Waals surface area contributed by atoms with Gasteiger partial charge in [-0.3, -0.25) is 0 Å². The van der Waals surface area contributed by atoms with Crippen molar-refractivity contribution in [3.8, 4) is 5.75 Å². The van der Waals surface area contributed by atoms with Crippen LogP contribution in [0.4, 0.5) is 5.69 Å². The monoisotopic (exact) mass is 646 g/mol. The highest BCUT2D eigenvalue weighted by atomic mass is 32.2. The molecular weight excluding hydrogens is 588 g/mol. The normalized spacial score (nSPS) is 18.8. The molecule has 1 heterocycles. The highest BCUT2D eigenvalue weighted by Gasteiger charge is 2.49. The number of unbranched alkanes of at least 4 members (excludes halogenated alkanes) is 2. The number of fused-ring (bicyclic) bond motifs is 1. The van der Waals surface area contributed by atoms with Gasteiger partial charge in [0.25, 0.3) is 0 Å². The van der Waals surface area contributed by atoms with Gasteiger partial charge in [0.2, 0.25) is 0 Å². The number of likely N-dealkylation sites (N-methyl/N-ethyl adjacent to an activating group) is 1. The number of aliphatic hydroxyl groups is 1. The zero-order valence-electron chi connectivity index (χ0n) is 28.6. The first-order valence-electron chi connectivity index (χ1n) is 16.9. The molecule has 254 valence electrons. The van der Waals surface area contributed by atoms with E-state index in [0.29, 0.717) is 62.1 Å². The van der Waals surface area contributed by atoms with Gasteiger partial charge in [-0.25, -0.2) is 8.42 Å². The molecule has 0 aromatic heterocycles. The Balaban J connectivity index is 1.77. The van der Waals surface area contributed by atoms with Crippen molar-refractivity contribution >= 4 is 15.5 Å². The first-order chi connectivity index (χ1) is 21.6. The predicted molar refractivity (Wildman–Crippen MR) is 184 cm³/mol. The number of ether oxygens (including phenoxy) is 3. The Morgan fingerprint density at radius 3 is 2.02 bits per heavy atom. The largest absolute Gasteiger partial charge is 0.491 e. The van der Waals surface area contributed by atoms with Crippen molar-refractivity contribution in [1.82, 2.24) is 4.90 Å². The summed E-state index contributed by atoms with van der Waals surface area (Å²) in [5.41, 5.74) is 1.74. The van der Waals surface area contributed by atoms with Gasteiger partial charge in [-0.2, -0.15) is 0 Å². The minimum Gasteiger partial charge on any atom is -0.491 e. The summed E-state index contributed by atoms with van der Waals surface area (Å²) in [5.74, 6) is 0.192. The Hall–Kier alpha value is -2.17. The molecule has 0 fully saturated rings. The third-order valence-corrected chi connectivity index (χ3v) is 11.2. The lowest BCUT2D eigenvalue weighted by molar-refractivity contribution is 0.0127. The molecule has 0 saturated carbocycles. The molecule has 3 rings (SSSR count). The fraction of sp³-hybridized carbons (Fsp3) is 0.667. The maximum absolute atomic E-state index is 14.0. The first kappa shape index (κ1) is 37.3. The van der Waals surface area contributed by atoms with Crippen molar-refractivity contribution in [1.29, 1.82) is 0 Å². The fourth-order valence-corrected chi connectivity index (χ4v) is 8.63. The number of sulfone groups is 1. The molecule has 1 aliphatic rings. The molecule has 0 spiro atoms. The summed E-state index contributed by atoms with van der Waals surface area (Å²) >= 11 is 0. The average Bonchev–Trinajstić information content (AvgIpc) is 3.10. The Morgan fingerprint density at radius 2 is 1.44 bits per heavy atom. The van der Waals surface area contributed by atoms with E-state index in [4.69, 9.17) is 14.2 Å². The number of hydrogen-bond acceptors (Lipinski definition) is 8. The van der Waals surface area contributed by atoms with Crippen LogP contribution in [0.15, 0.2) is 47.4 Å². The van der Waals surface area contributed by atoms with Gasteiger partial charge in [0.05, 0.1) is 43.2 Å². The van der Waals surface area contributed by atoms with Crippen molar-refractivity contribution < 1.29 is 27.7 Å². The summed E-state index contributed by atoms with van der Waals surface area (Å²) < 4.78 is 45.3. The molecule has 9 heteroatoms. The van der Waals surface area contributed by atoms with Crippen LogP contribution in [0.25, 0.3) is 0 Å². The molecule has 0 saturated heterocycles. The van der Waals surface area contributed by atoms with Crippen LogP contribution in [-0.4, -0.2) is 97.0 Å². The van der Waals surface area contributed by atoms with Crippen molar-refractivity contribution in [2.45, 2.75) is 83.1 Å². The lowest BCUT2D eigenvalue weighted by Crippen LogP contribution is -2.43. The van der Waals surface area contributed by atoms with Gasteiger partial charge in [0, 0.05) is 37.7 Å². The molecule has 1 aliphatic heterocycles. The van der Waals surface area contributed by atoms with Gasteiger partial charge in [-0.15, -0.1) is 0 Å². The predicted octanol–water partition coefficient (Wildman–Crippen LogP) is 6.15. The van der Waals surface area contributed by atoms with E-state index in [0.717, 1.165) is 56.6 Å². The van der Waals surface area contributed by atoms with Crippen molar-refractivity contribution in [3.05, 3.63) is 53.6 Å². The highest BCUT2D eigenvalue weighted by molar-refractivity contribution is 7.91. The van der Waals surface area contributed by atoms with Gasteiger partial charge in [0.15, 0.2) is 9.84 Å². The third-order valence-electron chi connectivity index (χ3n) is 9.21. The van der Waals surface area contributed by atoms with Crippen LogP contribution in [0, 0.1) is 5.41 Å². The maximum atomic E-state index is 14.0. The zero-order valence-corrected chi connectivity index (χ0v) is 29.4. The molecule has 0 aliphatic carbocycles. The number of anilines is 1. The van der Waals surface area contributed by atoms with E-state index < -0.39 is 27.3 Å². The van der Waals surface area contributed by atoms with Crippen molar-refractivity contribution in [3.63, 3.8) is 0 Å². The minimum absolute atomic E-state index is 0.0336. The number of aliphatic hydroxyl groups excluding tert-OH is 1. The molecular formula is C36H58N2O6S. The first-order valence-corrected chi connectivity index (χ1v) is 18.6. The number of hydrogen-bond donors (Lipinski definition) is 1. The molecule has 1 N–H and O–H groups in total. The van der Waals surface area contributed by atoms with E-state index >= 15 is 0 Å². The molecule has 2 atom stereocenters. The summed E-state index contributed by atoms with van der Waals surface area (Å²) in [4.78, 5) is 4.63. The second kappa shape index (κ2) is 18.2. The Labute approximate surface area is 273 Å². The lowest BCUT2D eigenvalue weighted by Gasteiger charge is -2.40. The molecule has 0 radical (unpaired) electrons. The molecule has 8 nitrogen and oxygen atoms in total. The van der Waals surface area contributed by atoms with E-state index in [1.807, 2.05) is 55.4 Å². The van der Waals surface area contributed by atoms with Gasteiger partial charge < -0.3 is 29.1 Å². The van der Waals surface area contributed by atoms with Crippen LogP contribution in [0.1, 0.15) is 83.3 Å². The third kappa shape index (κ3) is 10.2. The highest BCUT2D eigenvalue weighted by Crippen LogP contribution is 2.50. The Bertz CT molecular complexity index is 1240. The lowest BCUT2D eigenvalue weighted by atomic mass is 9.68. The minimum atomic E-state index is -3.63. The van der Waals surface area contributed by atoms with Gasteiger partial charge >= 0.3 is 0 Å². The van der Waals surface area contributed by atoms with E-state index in [2.05, 4.69) is 32.6 Å². The van der Waals surface area contributed by atoms with E-state index in [1.54, 1.807) is 6.07 Å². The number of rotatable bonds is 20. The van der Waals surface area contributed by atoms with Crippen LogP contribution in [-0.2, 0) is 19.3 Å². The second-order valence-corrected chi connectivity index (χ2v) is 14.5. The topological polar surface area (TPSA) is 88.5 Å². The van der Waals surface area contributed by atoms with Gasteiger partial charge in [-0.05, 0) is 67.4 Å². The SMILES string of the molecule is CCCCC1(CCCC)CS(=O)(=O)c2ccc(N(C)C)cc2[C@@H](c2ccc(OCCOCCOCCN(CC)CC)cc2)[C@H]1O. The summed E-state index contributed by atoms with van der Waals surface area (Å²) in [7, 11) is 0.261. The number of benzene rings is 2. The molecule has 0 unspecified atom stereocenters. The van der Waals surface area contributed by atoms with Gasteiger partial charge in [0.1, 0.15) is 12.4 Å². The molecule has 2 aromatic rings. The quantitative estimate of drug-likeness (QED) is 0.171. The van der Waals surface area contributed by atoms with Crippen LogP contribution >= 0.6 is 0 Å². The Morgan fingerprint density at radius 1 is 0.844 bits per heavy atom. The van der Waals surface area contributed by atoms with Crippen LogP contribution < -0.4 is 9.64 Å². The molecule has 0 bridgehead atoms. The molecule has 0 amide bonds. The summed E-state index contributed by atoms with van der Waals surface area (Å²) in [6, 6.07) is 13.3. The fourth-order valence-electron chi connectivity index (χ4n) is 6.44. The van der Waals surface area contributed by atoms with E-state index in [9.17, 15) is 13.5 Å². The summed E-state index contributed by atoms with van der Waals surface area (Å²) in [6.45, 7) is 14.2. The zero-order chi connectivity index (χ0) is 32.9. The van der Waals surface area contributed by atoms with Crippen LogP contribution in [0.3, 0.4) is 0 Å². The number of nitrogens with zero attached hydrogens (tertiary/aromatic N) is 2. The van der Waals surface area contributed by atoms with E-state index in [1.165, 1.54) is 0 Å². The average molecular weight is 647 g/mol. The van der Waals surface area contributed by atoms with Crippen molar-refractivity contribution in [2.24, 2.45) is 5.41 Å². The van der Waals surface area contributed by atoms with E-state index in [-0.39, 0.29) is 5.75 Å². The molecule has 2 aromatic carbocycles. The standard InChI is InChI=1S/C36H58N2O6S/c1-7-11-19-36(20-12-8-2)28-45(40,41)33-18-15-30(37(5)6)27-32(33)34(35(36)39)29-13-16-31(17-14-29)44-26-25-43-24-23-42-22-21-38(9-3)10-4/h13-18,27,34-35,39H,7-12,19-26,28H2,1-6H3/t34-,35-/m1/s1. The smallest absolute Gasteiger partial charge is 0.179 e. The van der Waals surface area contributed by atoms with Crippen LogP contribution in [0.5, 0.6) is 5.75 Å². The second-order valence-electron chi connectivity index (χ2n) is 12.5. The van der Waals surface area contributed by atoms with Crippen molar-refractivity contribution in [2.75, 3.05) is 77.4 Å². The maximum Gasteiger partial charge on any atom is 0.179 e. The summed E-state index contributed by atoms with van der Waals surface area (Å²) in [5, 5.41) is 12.3. The summed E-state index contributed by atoms with van der Waals surface area (Å²) in [6.07, 6.45) is 4.15.